The van der Waals surface area contributed by atoms with Gasteiger partial charge in [-0.15, -0.1) is 0 Å². The summed E-state index contributed by atoms with van der Waals surface area (Å²) in [5, 5.41) is 4.93. The minimum absolute atomic E-state index is 0.0305. The number of carbonyl (C=O) groups excluding carboxylic acids is 4. The van der Waals surface area contributed by atoms with E-state index in [0.29, 0.717) is 6.54 Å². The molecule has 3 aliphatic heterocycles. The molecule has 4 aromatic rings. The van der Waals surface area contributed by atoms with E-state index in [1.807, 2.05) is 31.2 Å². The Hall–Kier alpha value is -5.74. The van der Waals surface area contributed by atoms with E-state index in [9.17, 15) is 19.2 Å². The summed E-state index contributed by atoms with van der Waals surface area (Å²) in [4.78, 5) is 68.1. The minimum atomic E-state index is -0.640. The molecule has 7 rings (SSSR count). The first-order valence-electron chi connectivity index (χ1n) is 21.1. The van der Waals surface area contributed by atoms with Gasteiger partial charge in [-0.3, -0.25) is 9.59 Å². The van der Waals surface area contributed by atoms with Crippen LogP contribution in [0.2, 0.25) is 0 Å². The van der Waals surface area contributed by atoms with Gasteiger partial charge in [0.1, 0.15) is 24.7 Å². The molecule has 3 aliphatic rings. The van der Waals surface area contributed by atoms with Crippen LogP contribution in [0.1, 0.15) is 95.9 Å². The molecule has 4 amide bonds. The largest absolute Gasteiger partial charge is 0.453 e. The number of ether oxygens (including phenoxy) is 4. The van der Waals surface area contributed by atoms with Crippen molar-refractivity contribution < 1.29 is 38.1 Å². The number of amides is 4. The maximum atomic E-state index is 12.9. The molecule has 3 saturated heterocycles. The first-order valence-corrected chi connectivity index (χ1v) is 21.1. The zero-order valence-electron chi connectivity index (χ0n) is 36.8. The van der Waals surface area contributed by atoms with E-state index in [0.717, 1.165) is 84.2 Å². The lowest BCUT2D eigenvalue weighted by molar-refractivity contribution is -0.133. The predicted octanol–water partition coefficient (Wildman–Crippen LogP) is 7.43. The van der Waals surface area contributed by atoms with E-state index in [4.69, 9.17) is 4.74 Å². The van der Waals surface area contributed by atoms with Crippen LogP contribution >= 0.6 is 0 Å². The van der Waals surface area contributed by atoms with Crippen LogP contribution in [0.4, 0.5) is 9.59 Å². The monoisotopic (exact) mass is 844 g/mol. The highest BCUT2D eigenvalue weighted by Crippen LogP contribution is 2.36. The van der Waals surface area contributed by atoms with E-state index < -0.39 is 12.2 Å². The number of hydrogen-bond acceptors (Lipinski definition) is 10. The van der Waals surface area contributed by atoms with Gasteiger partial charge in [-0.05, 0) is 74.1 Å². The van der Waals surface area contributed by atoms with Gasteiger partial charge >= 0.3 is 12.2 Å². The summed E-state index contributed by atoms with van der Waals surface area (Å²) in [5.74, 6) is 1.08. The number of carbonyl (C=O) groups is 4. The van der Waals surface area contributed by atoms with Crippen molar-refractivity contribution in [1.82, 2.24) is 40.4 Å². The van der Waals surface area contributed by atoms with E-state index in [2.05, 4.69) is 82.9 Å². The van der Waals surface area contributed by atoms with Gasteiger partial charge in [0.2, 0.25) is 11.8 Å². The normalized spacial score (nSPS) is 18.0. The van der Waals surface area contributed by atoms with Crippen LogP contribution in [0.5, 0.6) is 0 Å². The smallest absolute Gasteiger partial charge is 0.407 e. The minimum Gasteiger partial charge on any atom is -0.453 e. The zero-order chi connectivity index (χ0) is 44.1. The Bertz CT molecular complexity index is 1930. The average Bonchev–Trinajstić information content (AvgIpc) is 4.13. The lowest BCUT2D eigenvalue weighted by atomic mass is 10.0. The number of imidazole rings is 2. The van der Waals surface area contributed by atoms with Crippen molar-refractivity contribution in [3.05, 3.63) is 72.6 Å². The molecule has 2 aromatic carbocycles. The number of aromatic nitrogens is 4. The molecule has 0 bridgehead atoms. The van der Waals surface area contributed by atoms with Crippen LogP contribution < -0.4 is 10.6 Å². The molecular formula is C45H64N8O8. The molecule has 16 heteroatoms. The number of alkyl carbamates (subject to hydrolysis) is 2. The molecule has 2 unspecified atom stereocenters. The van der Waals surface area contributed by atoms with Crippen molar-refractivity contribution in [2.24, 2.45) is 0 Å². The molecule has 4 N–H and O–H groups in total. The number of methoxy groups -OCH3 is 3. The van der Waals surface area contributed by atoms with Crippen LogP contribution in [0.15, 0.2) is 60.9 Å². The lowest BCUT2D eigenvalue weighted by Crippen LogP contribution is -2.43. The third-order valence-electron chi connectivity index (χ3n) is 10.3. The number of benzene rings is 2. The Balaban J connectivity index is 0.000000599. The maximum Gasteiger partial charge on any atom is 0.407 e. The van der Waals surface area contributed by atoms with Crippen molar-refractivity contribution in [2.75, 3.05) is 61.3 Å². The molecule has 0 spiro atoms. The van der Waals surface area contributed by atoms with Gasteiger partial charge in [-0.25, -0.2) is 19.6 Å². The van der Waals surface area contributed by atoms with Crippen molar-refractivity contribution in [1.29, 1.82) is 0 Å². The topological polar surface area (TPSA) is 193 Å². The second-order valence-corrected chi connectivity index (χ2v) is 15.0. The first kappa shape index (κ1) is 47.9. The number of nitrogens with zero attached hydrogens (tertiary/aromatic N) is 4. The molecule has 0 aliphatic carbocycles. The number of H-pyrrole nitrogens is 2. The number of likely N-dealkylation sites (tertiary alicyclic amines) is 2. The second-order valence-electron chi connectivity index (χ2n) is 15.0. The number of aromatic amines is 2. The van der Waals surface area contributed by atoms with E-state index in [1.165, 1.54) is 39.9 Å². The van der Waals surface area contributed by atoms with Gasteiger partial charge < -0.3 is 49.3 Å². The average molecular weight is 845 g/mol. The molecule has 3 atom stereocenters. The van der Waals surface area contributed by atoms with E-state index >= 15 is 0 Å². The van der Waals surface area contributed by atoms with Gasteiger partial charge in [0.25, 0.3) is 0 Å². The molecule has 5 heterocycles. The van der Waals surface area contributed by atoms with Crippen molar-refractivity contribution in [2.45, 2.75) is 90.3 Å². The summed E-state index contributed by atoms with van der Waals surface area (Å²) in [6.07, 6.45) is 10.7. The summed E-state index contributed by atoms with van der Waals surface area (Å²) in [6.45, 7) is 8.60. The number of rotatable bonds is 9. The molecular weight excluding hydrogens is 781 g/mol. The van der Waals surface area contributed by atoms with Crippen molar-refractivity contribution in [3.63, 3.8) is 0 Å². The Labute approximate surface area is 359 Å². The fourth-order valence-corrected chi connectivity index (χ4v) is 7.33. The third-order valence-corrected chi connectivity index (χ3v) is 10.3. The second kappa shape index (κ2) is 25.1. The summed E-state index contributed by atoms with van der Waals surface area (Å²) in [5.41, 5.74) is 5.77. The standard InChI is InChI=1S/C35H40N8O6.C5H10O.C3H8.C2H6O/c1-21-6-15-29(43(21)31(45)20-39-35(47)49-3)33-37-18-27(41-33)25-13-9-23(10-14-25)22-7-11-24(12-8-22)26-17-36-32(40-26)28-5-4-16-42(28)30(44)19-38-34(46)48-2;1-2-4-6-5-3-1;2*1-3-2/h7-14,17-18,21,28-29H,4-6,15-16,19-20H2,1-3H3,(H,36,40)(H,37,41)(H,38,46)(H,39,47);1-5H2;3H2,1-2H3;1-2H3/t21-,28?,29?;;;/m0.../s1. The van der Waals surface area contributed by atoms with Crippen molar-refractivity contribution >= 4 is 24.0 Å². The zero-order valence-corrected chi connectivity index (χ0v) is 36.8. The van der Waals surface area contributed by atoms with Crippen LogP contribution in [0.3, 0.4) is 0 Å². The molecule has 0 radical (unpaired) electrons. The van der Waals surface area contributed by atoms with E-state index in [1.54, 1.807) is 36.4 Å². The Kier molecular flexibility index (Phi) is 19.7. The van der Waals surface area contributed by atoms with Gasteiger partial charge in [-0.1, -0.05) is 68.8 Å². The highest BCUT2D eigenvalue weighted by molar-refractivity contribution is 5.83. The quantitative estimate of drug-likeness (QED) is 0.132. The number of hydrogen-bond donors (Lipinski definition) is 4. The predicted molar refractivity (Wildman–Crippen MR) is 233 cm³/mol. The van der Waals surface area contributed by atoms with Gasteiger partial charge in [0.15, 0.2) is 0 Å². The Morgan fingerprint density at radius 1 is 0.672 bits per heavy atom. The van der Waals surface area contributed by atoms with Crippen LogP contribution in [0.25, 0.3) is 33.6 Å². The highest BCUT2D eigenvalue weighted by Gasteiger charge is 2.37. The van der Waals surface area contributed by atoms with Crippen molar-refractivity contribution in [3.8, 4) is 33.6 Å². The SMILES string of the molecule is C1CCOCC1.CCC.COC.COC(=O)NCC(=O)N1CCCC1c1ncc(-c2ccc(-c3ccc(-c4cnc(C5CC[C@H](C)N5C(=O)CNC(=O)OC)[nH]4)cc3)cc2)[nH]1. The number of nitrogens with one attached hydrogen (secondary N) is 4. The maximum absolute atomic E-state index is 12.9. The molecule has 61 heavy (non-hydrogen) atoms. The van der Waals surface area contributed by atoms with E-state index in [-0.39, 0.29) is 43.0 Å². The molecule has 0 saturated carbocycles. The van der Waals surface area contributed by atoms with Crippen LogP contribution in [0, 0.1) is 0 Å². The fraction of sp³-hybridized carbons (Fsp3) is 0.511. The fourth-order valence-electron chi connectivity index (χ4n) is 7.33. The van der Waals surface area contributed by atoms with Crippen LogP contribution in [-0.4, -0.2) is 121 Å². The molecule has 332 valence electrons. The Morgan fingerprint density at radius 3 is 1.57 bits per heavy atom. The summed E-state index contributed by atoms with van der Waals surface area (Å²) < 4.78 is 18.5. The van der Waals surface area contributed by atoms with Gasteiger partial charge in [0.05, 0.1) is 50.1 Å². The first-order chi connectivity index (χ1) is 29.6. The highest BCUT2D eigenvalue weighted by atomic mass is 16.5. The van der Waals surface area contributed by atoms with Gasteiger partial charge in [-0.2, -0.15) is 0 Å². The summed E-state index contributed by atoms with van der Waals surface area (Å²) in [7, 11) is 5.78. The molecule has 16 nitrogen and oxygen atoms in total. The third kappa shape index (κ3) is 13.9. The summed E-state index contributed by atoms with van der Waals surface area (Å²) >= 11 is 0. The van der Waals surface area contributed by atoms with Crippen LogP contribution in [-0.2, 0) is 28.5 Å². The summed E-state index contributed by atoms with van der Waals surface area (Å²) in [6, 6.07) is 16.1. The molecule has 3 fully saturated rings. The van der Waals surface area contributed by atoms with Gasteiger partial charge in [0, 0.05) is 40.0 Å². The Morgan fingerprint density at radius 2 is 1.13 bits per heavy atom. The molecule has 2 aromatic heterocycles. The lowest BCUT2D eigenvalue weighted by Gasteiger charge is -2.27.